The van der Waals surface area contributed by atoms with Crippen molar-refractivity contribution in [1.82, 2.24) is 9.65 Å². The molecule has 0 saturated heterocycles. The summed E-state index contributed by atoms with van der Waals surface area (Å²) in [7, 11) is 0. The number of hydrazone groups is 1. The van der Waals surface area contributed by atoms with E-state index in [1.54, 1.807) is 0 Å². The van der Waals surface area contributed by atoms with E-state index in [9.17, 15) is 0 Å². The van der Waals surface area contributed by atoms with Gasteiger partial charge in [-0.1, -0.05) is 37.3 Å². The molecule has 1 aliphatic heterocycles. The van der Waals surface area contributed by atoms with Crippen molar-refractivity contribution in [2.75, 3.05) is 6.54 Å². The summed E-state index contributed by atoms with van der Waals surface area (Å²) in [6, 6.07) is 10.5. The summed E-state index contributed by atoms with van der Waals surface area (Å²) in [5.41, 5.74) is 2.36. The predicted octanol–water partition coefficient (Wildman–Crippen LogP) is 3.46. The second-order valence-corrected chi connectivity index (χ2v) is 5.36. The minimum atomic E-state index is -0.0920. The highest BCUT2D eigenvalue weighted by Gasteiger charge is 2.40. The molecule has 0 radical (unpaired) electrons. The van der Waals surface area contributed by atoms with Gasteiger partial charge in [0.05, 0.1) is 23.0 Å². The Bertz CT molecular complexity index is 428. The lowest BCUT2D eigenvalue weighted by Crippen LogP contribution is -2.48. The first-order valence-corrected chi connectivity index (χ1v) is 6.75. The molecule has 1 heterocycles. The molecule has 0 unspecified atom stereocenters. The van der Waals surface area contributed by atoms with E-state index in [1.165, 1.54) is 10.2 Å². The highest BCUT2D eigenvalue weighted by molar-refractivity contribution is 6.14. The van der Waals surface area contributed by atoms with Crippen molar-refractivity contribution in [2.24, 2.45) is 5.10 Å². The van der Waals surface area contributed by atoms with Gasteiger partial charge < -0.3 is 0 Å². The zero-order chi connectivity index (χ0) is 13.2. The van der Waals surface area contributed by atoms with E-state index in [0.29, 0.717) is 0 Å². The van der Waals surface area contributed by atoms with Crippen LogP contribution in [0.3, 0.4) is 0 Å². The van der Waals surface area contributed by atoms with Crippen molar-refractivity contribution in [3.63, 3.8) is 0 Å². The van der Waals surface area contributed by atoms with Gasteiger partial charge in [0.15, 0.2) is 0 Å². The first-order valence-electron chi connectivity index (χ1n) is 6.41. The Hall–Kier alpha value is -1.06. The molecule has 0 aromatic heterocycles. The van der Waals surface area contributed by atoms with Gasteiger partial charge in [0.1, 0.15) is 0 Å². The van der Waals surface area contributed by atoms with Crippen molar-refractivity contribution in [3.05, 3.63) is 35.9 Å². The quantitative estimate of drug-likeness (QED) is 0.777. The van der Waals surface area contributed by atoms with Gasteiger partial charge in [-0.2, -0.15) is 10.1 Å². The van der Waals surface area contributed by atoms with Gasteiger partial charge in [0, 0.05) is 6.54 Å². The third-order valence-electron chi connectivity index (χ3n) is 3.54. The Balaban J connectivity index is 2.02. The van der Waals surface area contributed by atoms with Gasteiger partial charge >= 0.3 is 0 Å². The molecule has 0 spiro atoms. The van der Waals surface area contributed by atoms with Gasteiger partial charge in [-0.3, -0.25) is 0 Å². The SMILES string of the molecule is CCC1=NN(Cl)N(CCc2ccccc2)C1(C)C. The Morgan fingerprint density at radius 3 is 2.44 bits per heavy atom. The number of hydrogen-bond donors (Lipinski definition) is 0. The largest absolute Gasteiger partial charge is 0.177 e. The second kappa shape index (κ2) is 5.29. The highest BCUT2D eigenvalue weighted by atomic mass is 35.5. The molecule has 0 atom stereocenters. The molecule has 0 amide bonds. The van der Waals surface area contributed by atoms with Crippen LogP contribution in [-0.4, -0.2) is 27.4 Å². The summed E-state index contributed by atoms with van der Waals surface area (Å²) in [6.45, 7) is 7.32. The van der Waals surface area contributed by atoms with E-state index < -0.39 is 0 Å². The van der Waals surface area contributed by atoms with Crippen LogP contribution in [0.25, 0.3) is 0 Å². The van der Waals surface area contributed by atoms with Crippen LogP contribution in [0, 0.1) is 0 Å². The first kappa shape index (κ1) is 13.4. The van der Waals surface area contributed by atoms with E-state index >= 15 is 0 Å². The standard InChI is InChI=1S/C14H20ClN3/c1-4-13-14(2,3)17(18(15)16-13)11-10-12-8-6-5-7-9-12/h5-9H,4,10-11H2,1-3H3. The zero-order valence-electron chi connectivity index (χ0n) is 11.2. The summed E-state index contributed by atoms with van der Waals surface area (Å²) < 4.78 is 1.47. The highest BCUT2D eigenvalue weighted by Crippen LogP contribution is 2.29. The topological polar surface area (TPSA) is 18.8 Å². The second-order valence-electron chi connectivity index (χ2n) is 5.06. The van der Waals surface area contributed by atoms with Gasteiger partial charge in [0.2, 0.25) is 0 Å². The molecule has 1 aliphatic rings. The van der Waals surface area contributed by atoms with Crippen molar-refractivity contribution in [1.29, 1.82) is 0 Å². The van der Waals surface area contributed by atoms with Crippen LogP contribution in [0.4, 0.5) is 0 Å². The number of benzene rings is 1. The molecule has 98 valence electrons. The van der Waals surface area contributed by atoms with Crippen LogP contribution >= 0.6 is 11.8 Å². The number of halogens is 1. The monoisotopic (exact) mass is 265 g/mol. The molecule has 18 heavy (non-hydrogen) atoms. The van der Waals surface area contributed by atoms with E-state index in [1.807, 2.05) is 6.07 Å². The fraction of sp³-hybridized carbons (Fsp3) is 0.500. The van der Waals surface area contributed by atoms with Gasteiger partial charge in [0.25, 0.3) is 0 Å². The molecule has 2 rings (SSSR count). The van der Waals surface area contributed by atoms with Gasteiger partial charge in [-0.05, 0) is 32.3 Å². The molecule has 0 aliphatic carbocycles. The van der Waals surface area contributed by atoms with Gasteiger partial charge in [-0.25, -0.2) is 0 Å². The van der Waals surface area contributed by atoms with E-state index in [-0.39, 0.29) is 5.54 Å². The number of hydrogen-bond acceptors (Lipinski definition) is 3. The van der Waals surface area contributed by atoms with Gasteiger partial charge in [-0.15, -0.1) is 4.64 Å². The maximum absolute atomic E-state index is 6.17. The molecule has 0 N–H and O–H groups in total. The summed E-state index contributed by atoms with van der Waals surface area (Å²) in [6.07, 6.45) is 1.90. The minimum absolute atomic E-state index is 0.0920. The van der Waals surface area contributed by atoms with Crippen molar-refractivity contribution >= 4 is 17.5 Å². The smallest absolute Gasteiger partial charge is 0.0776 e. The van der Waals surface area contributed by atoms with Crippen LogP contribution in [0.1, 0.15) is 32.8 Å². The summed E-state index contributed by atoms with van der Waals surface area (Å²) >= 11 is 6.17. The average Bonchev–Trinajstić information content (AvgIpc) is 2.58. The summed E-state index contributed by atoms with van der Waals surface area (Å²) in [5, 5.41) is 6.51. The maximum Gasteiger partial charge on any atom is 0.0776 e. The molecule has 3 nitrogen and oxygen atoms in total. The van der Waals surface area contributed by atoms with E-state index in [2.05, 4.69) is 55.1 Å². The van der Waals surface area contributed by atoms with Crippen LogP contribution in [0.2, 0.25) is 0 Å². The number of nitrogens with zero attached hydrogens (tertiary/aromatic N) is 3. The van der Waals surface area contributed by atoms with Crippen LogP contribution in [0.5, 0.6) is 0 Å². The first-order chi connectivity index (χ1) is 8.55. The molecular weight excluding hydrogens is 246 g/mol. The van der Waals surface area contributed by atoms with Crippen LogP contribution in [-0.2, 0) is 6.42 Å². The van der Waals surface area contributed by atoms with Crippen molar-refractivity contribution < 1.29 is 0 Å². The third kappa shape index (κ3) is 2.52. The van der Waals surface area contributed by atoms with Crippen molar-refractivity contribution in [3.8, 4) is 0 Å². The normalized spacial score (nSPS) is 19.1. The Morgan fingerprint density at radius 2 is 1.89 bits per heavy atom. The lowest BCUT2D eigenvalue weighted by molar-refractivity contribution is 0.0291. The number of hydrazine groups is 1. The minimum Gasteiger partial charge on any atom is -0.177 e. The molecule has 0 fully saturated rings. The third-order valence-corrected chi connectivity index (χ3v) is 3.80. The van der Waals surface area contributed by atoms with E-state index in [4.69, 9.17) is 11.8 Å². The van der Waals surface area contributed by atoms with Crippen molar-refractivity contribution in [2.45, 2.75) is 39.2 Å². The number of rotatable bonds is 4. The maximum atomic E-state index is 6.17. The average molecular weight is 266 g/mol. The lowest BCUT2D eigenvalue weighted by atomic mass is 9.95. The zero-order valence-corrected chi connectivity index (χ0v) is 12.0. The van der Waals surface area contributed by atoms with Crippen LogP contribution < -0.4 is 0 Å². The Labute approximate surface area is 114 Å². The lowest BCUT2D eigenvalue weighted by Gasteiger charge is -2.33. The Kier molecular flexibility index (Phi) is 3.93. The molecule has 1 aromatic rings. The molecule has 1 aromatic carbocycles. The summed E-state index contributed by atoms with van der Waals surface area (Å²) in [5.74, 6) is 0. The summed E-state index contributed by atoms with van der Waals surface area (Å²) in [4.78, 5) is 0. The molecule has 0 saturated carbocycles. The fourth-order valence-corrected chi connectivity index (χ4v) is 2.73. The fourth-order valence-electron chi connectivity index (χ4n) is 2.38. The molecular formula is C14H20ClN3. The molecule has 0 bridgehead atoms. The molecule has 4 heteroatoms. The van der Waals surface area contributed by atoms with Crippen LogP contribution in [0.15, 0.2) is 35.4 Å². The predicted molar refractivity (Wildman–Crippen MR) is 76.3 cm³/mol. The van der Waals surface area contributed by atoms with E-state index in [0.717, 1.165) is 25.1 Å². The Morgan fingerprint density at radius 1 is 1.22 bits per heavy atom.